The zero-order valence-electron chi connectivity index (χ0n) is 7.92. The van der Waals surface area contributed by atoms with Crippen LogP contribution in [0.3, 0.4) is 0 Å². The van der Waals surface area contributed by atoms with Crippen LogP contribution in [-0.2, 0) is 14.3 Å². The van der Waals surface area contributed by atoms with E-state index >= 15 is 0 Å². The molecule has 1 fully saturated rings. The van der Waals surface area contributed by atoms with Gasteiger partial charge in [-0.2, -0.15) is 0 Å². The number of Topliss-reactive ketones (excluding diaryl/α,β-unsaturated/α-hetero) is 1. The fourth-order valence-electron chi connectivity index (χ4n) is 1.49. The van der Waals surface area contributed by atoms with Crippen LogP contribution in [0.2, 0.25) is 0 Å². The van der Waals surface area contributed by atoms with Crippen molar-refractivity contribution >= 4 is 5.78 Å². The van der Waals surface area contributed by atoms with Gasteiger partial charge in [-0.05, 0) is 12.8 Å². The Hall–Kier alpha value is -0.410. The maximum Gasteiger partial charge on any atom is 0.146 e. The average molecular weight is 172 g/mol. The van der Waals surface area contributed by atoms with Crippen molar-refractivity contribution in [3.8, 4) is 0 Å². The molecule has 0 aliphatic carbocycles. The minimum Gasteiger partial charge on any atom is -0.354 e. The van der Waals surface area contributed by atoms with Crippen molar-refractivity contribution in [1.82, 2.24) is 0 Å². The standard InChI is InChI=1S/C9H16O3/c1-7(2)9(8(3)10)4-11-6-12-5-9/h7H,4-6H2,1-3H3. The average Bonchev–Trinajstić information content (AvgIpc) is 2.05. The van der Waals surface area contributed by atoms with Crippen LogP contribution in [0.15, 0.2) is 0 Å². The molecule has 0 aromatic rings. The molecule has 1 aliphatic rings. The summed E-state index contributed by atoms with van der Waals surface area (Å²) in [6, 6.07) is 0. The molecule has 1 rings (SSSR count). The van der Waals surface area contributed by atoms with Crippen LogP contribution in [-0.4, -0.2) is 25.8 Å². The number of hydrogen-bond donors (Lipinski definition) is 0. The van der Waals surface area contributed by atoms with E-state index in [2.05, 4.69) is 0 Å². The predicted octanol–water partition coefficient (Wildman–Crippen LogP) is 1.22. The van der Waals surface area contributed by atoms with Gasteiger partial charge in [0, 0.05) is 0 Å². The Balaban J connectivity index is 2.77. The Morgan fingerprint density at radius 3 is 2.08 bits per heavy atom. The van der Waals surface area contributed by atoms with Crippen LogP contribution in [0, 0.1) is 11.3 Å². The Morgan fingerprint density at radius 1 is 1.33 bits per heavy atom. The Kier molecular flexibility index (Phi) is 2.85. The molecule has 12 heavy (non-hydrogen) atoms. The monoisotopic (exact) mass is 172 g/mol. The number of carbonyl (C=O) groups is 1. The van der Waals surface area contributed by atoms with Crippen molar-refractivity contribution in [3.63, 3.8) is 0 Å². The van der Waals surface area contributed by atoms with E-state index in [9.17, 15) is 4.79 Å². The third-order valence-electron chi connectivity index (χ3n) is 2.69. The highest BCUT2D eigenvalue weighted by Gasteiger charge is 2.41. The van der Waals surface area contributed by atoms with Crippen molar-refractivity contribution in [2.75, 3.05) is 20.0 Å². The molecule has 0 bridgehead atoms. The van der Waals surface area contributed by atoms with E-state index in [0.29, 0.717) is 20.0 Å². The quantitative estimate of drug-likeness (QED) is 0.628. The predicted molar refractivity (Wildman–Crippen MR) is 44.7 cm³/mol. The molecule has 0 unspecified atom stereocenters. The summed E-state index contributed by atoms with van der Waals surface area (Å²) in [6.07, 6.45) is 0. The van der Waals surface area contributed by atoms with E-state index < -0.39 is 5.41 Å². The number of ketones is 1. The molecule has 1 heterocycles. The molecule has 0 aromatic carbocycles. The normalized spacial score (nSPS) is 22.7. The molecule has 0 N–H and O–H groups in total. The van der Waals surface area contributed by atoms with E-state index in [1.807, 2.05) is 13.8 Å². The molecule has 0 spiro atoms. The maximum atomic E-state index is 11.4. The first kappa shape index (κ1) is 9.68. The van der Waals surface area contributed by atoms with Crippen LogP contribution in [0.4, 0.5) is 0 Å². The van der Waals surface area contributed by atoms with Gasteiger partial charge in [-0.25, -0.2) is 0 Å². The Bertz CT molecular complexity index is 169. The molecule has 0 radical (unpaired) electrons. The summed E-state index contributed by atoms with van der Waals surface area (Å²) >= 11 is 0. The van der Waals surface area contributed by atoms with Gasteiger partial charge >= 0.3 is 0 Å². The number of hydrogen-bond acceptors (Lipinski definition) is 3. The first-order chi connectivity index (χ1) is 5.59. The van der Waals surface area contributed by atoms with Crippen molar-refractivity contribution in [2.24, 2.45) is 11.3 Å². The first-order valence-electron chi connectivity index (χ1n) is 4.26. The molecule has 0 atom stereocenters. The third kappa shape index (κ3) is 1.52. The lowest BCUT2D eigenvalue weighted by molar-refractivity contribution is -0.184. The van der Waals surface area contributed by atoms with Gasteiger partial charge in [-0.1, -0.05) is 13.8 Å². The zero-order chi connectivity index (χ0) is 9.19. The van der Waals surface area contributed by atoms with Gasteiger partial charge in [0.1, 0.15) is 12.6 Å². The Morgan fingerprint density at radius 2 is 1.83 bits per heavy atom. The van der Waals surface area contributed by atoms with Gasteiger partial charge in [-0.15, -0.1) is 0 Å². The van der Waals surface area contributed by atoms with Gasteiger partial charge in [0.2, 0.25) is 0 Å². The smallest absolute Gasteiger partial charge is 0.146 e. The molecule has 3 heteroatoms. The van der Waals surface area contributed by atoms with Crippen molar-refractivity contribution in [2.45, 2.75) is 20.8 Å². The summed E-state index contributed by atoms with van der Waals surface area (Å²) in [7, 11) is 0. The fourth-order valence-corrected chi connectivity index (χ4v) is 1.49. The summed E-state index contributed by atoms with van der Waals surface area (Å²) in [5, 5.41) is 0. The van der Waals surface area contributed by atoms with E-state index in [0.717, 1.165) is 0 Å². The van der Waals surface area contributed by atoms with Gasteiger partial charge in [-0.3, -0.25) is 4.79 Å². The molecule has 0 amide bonds. The first-order valence-corrected chi connectivity index (χ1v) is 4.26. The minimum absolute atomic E-state index is 0.164. The van der Waals surface area contributed by atoms with Gasteiger partial charge in [0.25, 0.3) is 0 Å². The second kappa shape index (κ2) is 3.54. The second-order valence-corrected chi connectivity index (χ2v) is 3.68. The van der Waals surface area contributed by atoms with Gasteiger partial charge in [0.15, 0.2) is 0 Å². The van der Waals surface area contributed by atoms with E-state index in [4.69, 9.17) is 9.47 Å². The molecule has 1 saturated heterocycles. The highest BCUT2D eigenvalue weighted by molar-refractivity contribution is 5.83. The molecule has 3 nitrogen and oxygen atoms in total. The largest absolute Gasteiger partial charge is 0.354 e. The summed E-state index contributed by atoms with van der Waals surface area (Å²) in [6.45, 7) is 6.98. The van der Waals surface area contributed by atoms with E-state index in [1.54, 1.807) is 6.92 Å². The lowest BCUT2D eigenvalue weighted by Gasteiger charge is -2.37. The van der Waals surface area contributed by atoms with Crippen LogP contribution in [0.1, 0.15) is 20.8 Å². The van der Waals surface area contributed by atoms with Crippen molar-refractivity contribution < 1.29 is 14.3 Å². The molecule has 1 aliphatic heterocycles. The molecular formula is C9H16O3. The Labute approximate surface area is 73.0 Å². The van der Waals surface area contributed by atoms with E-state index in [-0.39, 0.29) is 11.7 Å². The fraction of sp³-hybridized carbons (Fsp3) is 0.889. The van der Waals surface area contributed by atoms with Crippen LogP contribution in [0.5, 0.6) is 0 Å². The lowest BCUT2D eigenvalue weighted by atomic mass is 9.75. The number of rotatable bonds is 2. The number of carbonyl (C=O) groups excluding carboxylic acids is 1. The minimum atomic E-state index is -0.405. The van der Waals surface area contributed by atoms with Crippen molar-refractivity contribution in [3.05, 3.63) is 0 Å². The topological polar surface area (TPSA) is 35.5 Å². The highest BCUT2D eigenvalue weighted by atomic mass is 16.7. The number of ether oxygens (including phenoxy) is 2. The third-order valence-corrected chi connectivity index (χ3v) is 2.69. The van der Waals surface area contributed by atoms with Crippen LogP contribution in [0.25, 0.3) is 0 Å². The second-order valence-electron chi connectivity index (χ2n) is 3.68. The SMILES string of the molecule is CC(=O)C1(C(C)C)COCOC1. The summed E-state index contributed by atoms with van der Waals surface area (Å²) in [4.78, 5) is 11.4. The van der Waals surface area contributed by atoms with Crippen LogP contribution < -0.4 is 0 Å². The molecular weight excluding hydrogens is 156 g/mol. The van der Waals surface area contributed by atoms with E-state index in [1.165, 1.54) is 0 Å². The van der Waals surface area contributed by atoms with Gasteiger partial charge in [0.05, 0.1) is 18.6 Å². The molecule has 70 valence electrons. The van der Waals surface area contributed by atoms with Gasteiger partial charge < -0.3 is 9.47 Å². The maximum absolute atomic E-state index is 11.4. The highest BCUT2D eigenvalue weighted by Crippen LogP contribution is 2.31. The summed E-state index contributed by atoms with van der Waals surface area (Å²) in [5.41, 5.74) is -0.405. The summed E-state index contributed by atoms with van der Waals surface area (Å²) in [5.74, 6) is 0.438. The molecule has 0 saturated carbocycles. The summed E-state index contributed by atoms with van der Waals surface area (Å²) < 4.78 is 10.3. The van der Waals surface area contributed by atoms with Crippen molar-refractivity contribution in [1.29, 1.82) is 0 Å². The molecule has 0 aromatic heterocycles. The van der Waals surface area contributed by atoms with Crippen LogP contribution >= 0.6 is 0 Å². The zero-order valence-corrected chi connectivity index (χ0v) is 7.92. The lowest BCUT2D eigenvalue weighted by Crippen LogP contribution is -2.46.